The molecule has 6 heteroatoms. The maximum Gasteiger partial charge on any atom is 0.692 e. The fraction of sp³-hybridized carbons (Fsp3) is 0.400. The molecule has 0 atom stereocenters. The maximum atomic E-state index is 8.70. The second kappa shape index (κ2) is 7.30. The first-order chi connectivity index (χ1) is 7.70. The lowest BCUT2D eigenvalue weighted by Crippen LogP contribution is -2.43. The van der Waals surface area contributed by atoms with Gasteiger partial charge in [0.1, 0.15) is 0 Å². The zero-order chi connectivity index (χ0) is 11.8. The van der Waals surface area contributed by atoms with Crippen molar-refractivity contribution in [3.63, 3.8) is 0 Å². The fourth-order valence-corrected chi connectivity index (χ4v) is 1.56. The largest absolute Gasteiger partial charge is 0.692 e. The summed E-state index contributed by atoms with van der Waals surface area (Å²) in [6, 6.07) is 10.6. The third-order valence-corrected chi connectivity index (χ3v) is 2.24. The van der Waals surface area contributed by atoms with Crippen LogP contribution in [0.25, 0.3) is 0 Å². The van der Waals surface area contributed by atoms with Gasteiger partial charge < -0.3 is 10.2 Å². The quantitative estimate of drug-likeness (QED) is 0.634. The lowest BCUT2D eigenvalue weighted by Gasteiger charge is -2.29. The van der Waals surface area contributed by atoms with Crippen molar-refractivity contribution in [2.24, 2.45) is 0 Å². The van der Waals surface area contributed by atoms with E-state index < -0.39 is 8.25 Å². The summed E-state index contributed by atoms with van der Waals surface area (Å²) in [6.45, 7) is 4.47. The van der Waals surface area contributed by atoms with E-state index in [2.05, 4.69) is 40.5 Å². The van der Waals surface area contributed by atoms with Gasteiger partial charge in [0.05, 0.1) is 0 Å². The number of nitrogens with zero attached hydrogens (tertiary/aromatic N) is 1. The summed E-state index contributed by atoms with van der Waals surface area (Å²) in [6.07, 6.45) is 0. The molecule has 0 aromatic heterocycles. The van der Waals surface area contributed by atoms with Gasteiger partial charge in [-0.1, -0.05) is 18.2 Å². The number of anilines is 1. The average Bonchev–Trinajstić information content (AvgIpc) is 2.31. The number of hydrogen-bond donors (Lipinski definition) is 3. The Labute approximate surface area is 95.7 Å². The van der Waals surface area contributed by atoms with Gasteiger partial charge in [0.15, 0.2) is 0 Å². The van der Waals surface area contributed by atoms with Crippen molar-refractivity contribution in [1.29, 1.82) is 0 Å². The van der Waals surface area contributed by atoms with Crippen LogP contribution in [-0.2, 0) is 4.57 Å². The number of nitrogens with one attached hydrogen (secondary N) is 1. The van der Waals surface area contributed by atoms with Crippen LogP contribution in [0.15, 0.2) is 30.3 Å². The predicted octanol–water partition coefficient (Wildman–Crippen LogP) is 0.725. The molecule has 2 rings (SSSR count). The van der Waals surface area contributed by atoms with Crippen molar-refractivity contribution in [2.75, 3.05) is 31.1 Å². The highest BCUT2D eigenvalue weighted by atomic mass is 31.1. The highest BCUT2D eigenvalue weighted by Gasteiger charge is 2.08. The van der Waals surface area contributed by atoms with E-state index in [4.69, 9.17) is 14.4 Å². The molecule has 0 radical (unpaired) electrons. The second-order valence-electron chi connectivity index (χ2n) is 3.33. The Kier molecular flexibility index (Phi) is 5.96. The van der Waals surface area contributed by atoms with E-state index in [-0.39, 0.29) is 0 Å². The van der Waals surface area contributed by atoms with Crippen molar-refractivity contribution < 1.29 is 14.4 Å². The summed E-state index contributed by atoms with van der Waals surface area (Å²) in [5, 5.41) is 3.34. The standard InChI is InChI=1S/C10H14N2.HO3P/c1-2-4-10(5-3-1)12-8-6-11-7-9-12;1-4(2)3/h1-5,11H,6-9H2;(H-,1,2,3)/p+1. The first kappa shape index (κ1) is 13.1. The van der Waals surface area contributed by atoms with Crippen molar-refractivity contribution in [3.05, 3.63) is 30.3 Å². The first-order valence-electron chi connectivity index (χ1n) is 5.06. The van der Waals surface area contributed by atoms with E-state index in [0.29, 0.717) is 0 Å². The van der Waals surface area contributed by atoms with E-state index >= 15 is 0 Å². The molecule has 1 aromatic rings. The van der Waals surface area contributed by atoms with Crippen LogP contribution in [-0.4, -0.2) is 36.0 Å². The number of rotatable bonds is 1. The van der Waals surface area contributed by atoms with Crippen molar-refractivity contribution in [1.82, 2.24) is 5.32 Å². The van der Waals surface area contributed by atoms with Gasteiger partial charge in [-0.25, -0.2) is 0 Å². The van der Waals surface area contributed by atoms with Crippen LogP contribution in [0.1, 0.15) is 0 Å². The van der Waals surface area contributed by atoms with Crippen molar-refractivity contribution >= 4 is 13.9 Å². The highest BCUT2D eigenvalue weighted by Crippen LogP contribution is 2.12. The normalized spacial score (nSPS) is 15.0. The van der Waals surface area contributed by atoms with Gasteiger partial charge in [-0.2, -0.15) is 0 Å². The molecule has 1 saturated heterocycles. The van der Waals surface area contributed by atoms with Gasteiger partial charge in [-0.15, -0.1) is 9.79 Å². The average molecular weight is 243 g/mol. The number of hydrogen-bond acceptors (Lipinski definition) is 3. The van der Waals surface area contributed by atoms with E-state index in [1.54, 1.807) is 0 Å². The van der Waals surface area contributed by atoms with Crippen molar-refractivity contribution in [2.45, 2.75) is 0 Å². The minimum absolute atomic E-state index is 1.11. The van der Waals surface area contributed by atoms with Crippen LogP contribution in [0.2, 0.25) is 0 Å². The molecule has 88 valence electrons. The summed E-state index contributed by atoms with van der Waals surface area (Å²) >= 11 is 0. The van der Waals surface area contributed by atoms with Gasteiger partial charge in [0.25, 0.3) is 0 Å². The lowest BCUT2D eigenvalue weighted by atomic mass is 10.2. The molecule has 0 unspecified atom stereocenters. The van der Waals surface area contributed by atoms with Crippen LogP contribution < -0.4 is 10.2 Å². The Bertz CT molecular complexity index is 311. The molecule has 1 aliphatic heterocycles. The molecule has 1 fully saturated rings. The van der Waals surface area contributed by atoms with Crippen LogP contribution in [0.4, 0.5) is 5.69 Å². The van der Waals surface area contributed by atoms with Crippen LogP contribution >= 0.6 is 8.25 Å². The molecule has 0 saturated carbocycles. The third-order valence-electron chi connectivity index (χ3n) is 2.24. The minimum Gasteiger partial charge on any atom is -0.369 e. The SMILES string of the molecule is O=[P+](O)O.c1ccc(N2CCNCC2)cc1. The Morgan fingerprint density at radius 2 is 1.62 bits per heavy atom. The number of para-hydroxylation sites is 1. The van der Waals surface area contributed by atoms with Gasteiger partial charge in [0.2, 0.25) is 0 Å². The minimum atomic E-state index is -2.87. The highest BCUT2D eigenvalue weighted by molar-refractivity contribution is 7.30. The molecule has 3 N–H and O–H groups in total. The number of benzene rings is 1. The summed E-state index contributed by atoms with van der Waals surface area (Å²) in [5.41, 5.74) is 1.35. The molecule has 0 bridgehead atoms. The Morgan fingerprint density at radius 3 is 2.12 bits per heavy atom. The van der Waals surface area contributed by atoms with E-state index in [9.17, 15) is 0 Å². The Morgan fingerprint density at radius 1 is 1.12 bits per heavy atom. The van der Waals surface area contributed by atoms with Crippen LogP contribution in [0, 0.1) is 0 Å². The second-order valence-corrected chi connectivity index (χ2v) is 3.83. The molecule has 0 amide bonds. The van der Waals surface area contributed by atoms with Crippen LogP contribution in [0.5, 0.6) is 0 Å². The molecule has 16 heavy (non-hydrogen) atoms. The van der Waals surface area contributed by atoms with Gasteiger partial charge in [0, 0.05) is 36.4 Å². The first-order valence-corrected chi connectivity index (χ1v) is 6.22. The molecule has 1 heterocycles. The lowest BCUT2D eigenvalue weighted by molar-refractivity contribution is 0.405. The van der Waals surface area contributed by atoms with Crippen LogP contribution in [0.3, 0.4) is 0 Å². The van der Waals surface area contributed by atoms with Crippen molar-refractivity contribution in [3.8, 4) is 0 Å². The molecule has 1 aliphatic rings. The molecule has 0 aliphatic carbocycles. The zero-order valence-corrected chi connectivity index (χ0v) is 9.81. The zero-order valence-electron chi connectivity index (χ0n) is 8.91. The summed E-state index contributed by atoms with van der Waals surface area (Å²) < 4.78 is 8.70. The maximum absolute atomic E-state index is 8.70. The van der Waals surface area contributed by atoms with E-state index in [1.165, 1.54) is 5.69 Å². The van der Waals surface area contributed by atoms with E-state index in [1.807, 2.05) is 0 Å². The van der Waals surface area contributed by atoms with Gasteiger partial charge >= 0.3 is 8.25 Å². The molecule has 5 nitrogen and oxygen atoms in total. The third kappa shape index (κ3) is 5.19. The topological polar surface area (TPSA) is 72.8 Å². The Balaban J connectivity index is 0.000000280. The predicted molar refractivity (Wildman–Crippen MR) is 63.6 cm³/mol. The summed E-state index contributed by atoms with van der Waals surface area (Å²) in [5.74, 6) is 0. The molecular formula is C10H16N2O3P+. The monoisotopic (exact) mass is 243 g/mol. The summed E-state index contributed by atoms with van der Waals surface area (Å²) in [4.78, 5) is 16.7. The molecule has 0 spiro atoms. The van der Waals surface area contributed by atoms with Gasteiger partial charge in [-0.05, 0) is 12.1 Å². The Hall–Kier alpha value is -1.00. The smallest absolute Gasteiger partial charge is 0.369 e. The van der Waals surface area contributed by atoms with E-state index in [0.717, 1.165) is 26.2 Å². The number of piperazine rings is 1. The molecule has 1 aromatic carbocycles. The van der Waals surface area contributed by atoms with Gasteiger partial charge in [-0.3, -0.25) is 0 Å². The molecular weight excluding hydrogens is 227 g/mol. The summed E-state index contributed by atoms with van der Waals surface area (Å²) in [7, 11) is -2.87. The fourth-order valence-electron chi connectivity index (χ4n) is 1.56.